The Morgan fingerprint density at radius 2 is 2.14 bits per heavy atom. The van der Waals surface area contributed by atoms with E-state index in [9.17, 15) is 18.0 Å². The van der Waals surface area contributed by atoms with Crippen LogP contribution in [0.3, 0.4) is 0 Å². The third-order valence-electron chi connectivity index (χ3n) is 3.81. The molecule has 0 bridgehead atoms. The first-order valence-electron chi connectivity index (χ1n) is 7.48. The highest BCUT2D eigenvalue weighted by atomic mass is 19.4. The molecule has 1 aromatic carbocycles. The summed E-state index contributed by atoms with van der Waals surface area (Å²) >= 11 is 0. The molecule has 1 aliphatic rings. The Bertz CT molecular complexity index is 516. The van der Waals surface area contributed by atoms with E-state index < -0.39 is 11.7 Å². The van der Waals surface area contributed by atoms with Crippen molar-refractivity contribution in [3.63, 3.8) is 0 Å². The summed E-state index contributed by atoms with van der Waals surface area (Å²) < 4.78 is 43.4. The fourth-order valence-electron chi connectivity index (χ4n) is 2.77. The SMILES string of the molecule is CCOC(=O)[C@@H]1CCCCN1Cc1cccc(C(F)(F)F)c1. The van der Waals surface area contributed by atoms with E-state index in [4.69, 9.17) is 4.74 Å². The van der Waals surface area contributed by atoms with Crippen LogP contribution in [0.2, 0.25) is 0 Å². The average molecular weight is 315 g/mol. The van der Waals surface area contributed by atoms with Crippen LogP contribution < -0.4 is 0 Å². The first-order chi connectivity index (χ1) is 10.4. The van der Waals surface area contributed by atoms with Crippen molar-refractivity contribution in [1.82, 2.24) is 4.90 Å². The van der Waals surface area contributed by atoms with E-state index in [1.54, 1.807) is 13.0 Å². The van der Waals surface area contributed by atoms with Crippen molar-refractivity contribution in [3.8, 4) is 0 Å². The Labute approximate surface area is 128 Å². The molecule has 0 amide bonds. The molecule has 0 spiro atoms. The molecule has 1 heterocycles. The Morgan fingerprint density at radius 3 is 2.82 bits per heavy atom. The lowest BCUT2D eigenvalue weighted by Gasteiger charge is -2.34. The molecule has 6 heteroatoms. The van der Waals surface area contributed by atoms with Gasteiger partial charge in [0.2, 0.25) is 0 Å². The minimum Gasteiger partial charge on any atom is -0.465 e. The van der Waals surface area contributed by atoms with Crippen LogP contribution in [0.4, 0.5) is 13.2 Å². The van der Waals surface area contributed by atoms with E-state index in [1.807, 2.05) is 4.90 Å². The molecule has 0 aromatic heterocycles. The Kier molecular flexibility index (Phi) is 5.45. The van der Waals surface area contributed by atoms with Gasteiger partial charge < -0.3 is 4.74 Å². The van der Waals surface area contributed by atoms with Crippen LogP contribution >= 0.6 is 0 Å². The predicted molar refractivity (Wildman–Crippen MR) is 76.1 cm³/mol. The third kappa shape index (κ3) is 4.22. The molecule has 0 radical (unpaired) electrons. The van der Waals surface area contributed by atoms with E-state index in [-0.39, 0.29) is 12.0 Å². The molecule has 1 atom stereocenters. The van der Waals surface area contributed by atoms with Crippen LogP contribution in [-0.4, -0.2) is 30.1 Å². The molecular weight excluding hydrogens is 295 g/mol. The van der Waals surface area contributed by atoms with E-state index in [1.165, 1.54) is 6.07 Å². The zero-order valence-corrected chi connectivity index (χ0v) is 12.5. The average Bonchev–Trinajstić information content (AvgIpc) is 2.47. The van der Waals surface area contributed by atoms with Gasteiger partial charge in [0.1, 0.15) is 6.04 Å². The number of likely N-dealkylation sites (tertiary alicyclic amines) is 1. The van der Waals surface area contributed by atoms with Crippen LogP contribution in [0.5, 0.6) is 0 Å². The lowest BCUT2D eigenvalue weighted by molar-refractivity contribution is -0.151. The van der Waals surface area contributed by atoms with Crippen molar-refractivity contribution in [3.05, 3.63) is 35.4 Å². The van der Waals surface area contributed by atoms with Gasteiger partial charge in [-0.25, -0.2) is 0 Å². The van der Waals surface area contributed by atoms with Crippen LogP contribution in [0, 0.1) is 0 Å². The zero-order valence-electron chi connectivity index (χ0n) is 12.5. The minimum absolute atomic E-state index is 0.283. The summed E-state index contributed by atoms with van der Waals surface area (Å²) in [6.07, 6.45) is -1.78. The number of esters is 1. The van der Waals surface area contributed by atoms with Gasteiger partial charge in [0.15, 0.2) is 0 Å². The number of halogens is 3. The molecule has 1 aromatic rings. The Hall–Kier alpha value is -1.56. The number of carbonyl (C=O) groups excluding carboxylic acids is 1. The van der Waals surface area contributed by atoms with Gasteiger partial charge in [-0.1, -0.05) is 24.6 Å². The van der Waals surface area contributed by atoms with Gasteiger partial charge in [0.25, 0.3) is 0 Å². The highest BCUT2D eigenvalue weighted by molar-refractivity contribution is 5.75. The van der Waals surface area contributed by atoms with Gasteiger partial charge in [-0.15, -0.1) is 0 Å². The number of hydrogen-bond donors (Lipinski definition) is 0. The molecule has 0 saturated carbocycles. The Balaban J connectivity index is 2.12. The number of hydrogen-bond acceptors (Lipinski definition) is 3. The maximum Gasteiger partial charge on any atom is 0.416 e. The van der Waals surface area contributed by atoms with Gasteiger partial charge in [0, 0.05) is 6.54 Å². The molecule has 0 aliphatic carbocycles. The summed E-state index contributed by atoms with van der Waals surface area (Å²) in [5, 5.41) is 0. The van der Waals surface area contributed by atoms with Crippen molar-refractivity contribution >= 4 is 5.97 Å². The van der Waals surface area contributed by atoms with Gasteiger partial charge in [-0.2, -0.15) is 13.2 Å². The number of carbonyl (C=O) groups is 1. The number of piperidine rings is 1. The first kappa shape index (κ1) is 16.8. The second-order valence-electron chi connectivity index (χ2n) is 5.43. The summed E-state index contributed by atoms with van der Waals surface area (Å²) in [4.78, 5) is 13.9. The number of rotatable bonds is 4. The minimum atomic E-state index is -4.35. The van der Waals surface area contributed by atoms with Crippen molar-refractivity contribution < 1.29 is 22.7 Å². The molecule has 1 saturated heterocycles. The van der Waals surface area contributed by atoms with E-state index in [0.29, 0.717) is 31.7 Å². The van der Waals surface area contributed by atoms with Crippen LogP contribution in [-0.2, 0) is 22.3 Å². The first-order valence-corrected chi connectivity index (χ1v) is 7.48. The van der Waals surface area contributed by atoms with E-state index >= 15 is 0 Å². The molecule has 2 rings (SSSR count). The Morgan fingerprint density at radius 1 is 1.36 bits per heavy atom. The quantitative estimate of drug-likeness (QED) is 0.795. The summed E-state index contributed by atoms with van der Waals surface area (Å²) in [6, 6.07) is 4.91. The van der Waals surface area contributed by atoms with Gasteiger partial charge >= 0.3 is 12.1 Å². The smallest absolute Gasteiger partial charge is 0.416 e. The second-order valence-corrected chi connectivity index (χ2v) is 5.43. The van der Waals surface area contributed by atoms with Crippen molar-refractivity contribution in [2.45, 2.75) is 44.9 Å². The highest BCUT2D eigenvalue weighted by Gasteiger charge is 2.32. The van der Waals surface area contributed by atoms with Gasteiger partial charge in [0.05, 0.1) is 12.2 Å². The number of alkyl halides is 3. The van der Waals surface area contributed by atoms with Crippen molar-refractivity contribution in [2.24, 2.45) is 0 Å². The molecule has 0 unspecified atom stereocenters. The molecule has 3 nitrogen and oxygen atoms in total. The molecule has 0 N–H and O–H groups in total. The summed E-state index contributed by atoms with van der Waals surface area (Å²) in [6.45, 7) is 3.08. The van der Waals surface area contributed by atoms with E-state index in [2.05, 4.69) is 0 Å². The number of nitrogens with zero attached hydrogens (tertiary/aromatic N) is 1. The summed E-state index contributed by atoms with van der Waals surface area (Å²) in [7, 11) is 0. The van der Waals surface area contributed by atoms with Gasteiger partial charge in [-0.3, -0.25) is 9.69 Å². The third-order valence-corrected chi connectivity index (χ3v) is 3.81. The molecule has 1 aliphatic heterocycles. The van der Waals surface area contributed by atoms with E-state index in [0.717, 1.165) is 25.0 Å². The van der Waals surface area contributed by atoms with Crippen molar-refractivity contribution in [2.75, 3.05) is 13.2 Å². The predicted octanol–water partition coefficient (Wildman–Crippen LogP) is 3.62. The molecule has 1 fully saturated rings. The zero-order chi connectivity index (χ0) is 16.2. The van der Waals surface area contributed by atoms with Crippen LogP contribution in [0.1, 0.15) is 37.3 Å². The summed E-state index contributed by atoms with van der Waals surface area (Å²) in [5.74, 6) is -0.283. The monoisotopic (exact) mass is 315 g/mol. The fraction of sp³-hybridized carbons (Fsp3) is 0.562. The second kappa shape index (κ2) is 7.13. The maximum atomic E-state index is 12.8. The summed E-state index contributed by atoms with van der Waals surface area (Å²) in [5.41, 5.74) is -0.0966. The number of ether oxygens (including phenoxy) is 1. The molecule has 22 heavy (non-hydrogen) atoms. The highest BCUT2D eigenvalue weighted by Crippen LogP contribution is 2.30. The van der Waals surface area contributed by atoms with Crippen LogP contribution in [0.15, 0.2) is 24.3 Å². The van der Waals surface area contributed by atoms with Crippen molar-refractivity contribution in [1.29, 1.82) is 0 Å². The standard InChI is InChI=1S/C16H20F3NO2/c1-2-22-15(21)14-8-3-4-9-20(14)11-12-6-5-7-13(10-12)16(17,18)19/h5-7,10,14H,2-4,8-9,11H2,1H3/t14-/m0/s1. The van der Waals surface area contributed by atoms with Crippen LogP contribution in [0.25, 0.3) is 0 Å². The lowest BCUT2D eigenvalue weighted by Crippen LogP contribution is -2.44. The number of benzene rings is 1. The maximum absolute atomic E-state index is 12.8. The molecular formula is C16H20F3NO2. The molecule has 122 valence electrons. The fourth-order valence-corrected chi connectivity index (χ4v) is 2.77. The lowest BCUT2D eigenvalue weighted by atomic mass is 10.0. The topological polar surface area (TPSA) is 29.5 Å². The van der Waals surface area contributed by atoms with Gasteiger partial charge in [-0.05, 0) is 37.9 Å². The normalized spacial score (nSPS) is 19.9. The largest absolute Gasteiger partial charge is 0.465 e.